The highest BCUT2D eigenvalue weighted by atomic mass is 35.5. The molecule has 0 bridgehead atoms. The number of nitrogens with zero attached hydrogens (tertiary/aromatic N) is 17. The zero-order valence-electron chi connectivity index (χ0n) is 73.0. The van der Waals surface area contributed by atoms with Crippen LogP contribution in [0.15, 0.2) is 190 Å². The van der Waals surface area contributed by atoms with Crippen molar-refractivity contribution >= 4 is 150 Å². The Balaban J connectivity index is 0.000000128. The first-order chi connectivity index (χ1) is 61.7. The number of aromatic nitrogens is 14. The molecule has 4 aromatic carbocycles. The van der Waals surface area contributed by atoms with Crippen molar-refractivity contribution in [2.45, 2.75) is 162 Å². The number of fused-ring (bicyclic) bond motifs is 5. The van der Waals surface area contributed by atoms with Gasteiger partial charge in [0.15, 0.2) is 8.32 Å². The number of hydrogen-bond acceptors (Lipinski definition) is 17. The number of carbonyl (C=O) groups is 3. The van der Waals surface area contributed by atoms with E-state index in [1.54, 1.807) is 9.80 Å². The zero-order chi connectivity index (χ0) is 89.6. The van der Waals surface area contributed by atoms with Gasteiger partial charge in [0.25, 0.3) is 17.7 Å². The van der Waals surface area contributed by atoms with E-state index in [1.165, 1.54) is 75.5 Å². The number of aliphatic hydroxyl groups excluding tert-OH is 1. The fraction of sp³-hybridized carbons (Fsp3) is 0.323. The van der Waals surface area contributed by atoms with Crippen LogP contribution in [-0.4, -0.2) is 145 Å². The first-order valence-electron chi connectivity index (χ1n) is 43.4. The topological polar surface area (TPSA) is 260 Å². The lowest BCUT2D eigenvalue weighted by Gasteiger charge is -2.37. The minimum Gasteiger partial charge on any atom is -0.475 e. The van der Waals surface area contributed by atoms with Crippen molar-refractivity contribution in [2.75, 3.05) is 66.0 Å². The fourth-order valence-electron chi connectivity index (χ4n) is 16.2. The number of benzene rings is 4. The molecule has 3 amide bonds. The highest BCUT2D eigenvalue weighted by Crippen LogP contribution is 2.51. The fourth-order valence-corrected chi connectivity index (χ4v) is 18.4. The summed E-state index contributed by atoms with van der Waals surface area (Å²) in [5.41, 5.74) is 21.8. The maximum Gasteiger partial charge on any atom is 0.267 e. The zero-order valence-corrected chi connectivity index (χ0v) is 77.8. The molecule has 5 aliphatic rings. The average molecular weight is 1850 g/mol. The van der Waals surface area contributed by atoms with Crippen LogP contribution in [0.2, 0.25) is 43.9 Å². The second-order valence-corrected chi connectivity index (χ2v) is 41.5. The Morgan fingerprint density at radius 3 is 1.24 bits per heavy atom. The number of amides is 3. The van der Waals surface area contributed by atoms with E-state index in [2.05, 4.69) is 212 Å². The Hall–Kier alpha value is -11.5. The molecule has 4 fully saturated rings. The van der Waals surface area contributed by atoms with E-state index in [9.17, 15) is 19.5 Å². The monoisotopic (exact) mass is 1840 g/mol. The van der Waals surface area contributed by atoms with Gasteiger partial charge in [0, 0.05) is 111 Å². The van der Waals surface area contributed by atoms with Crippen molar-refractivity contribution < 1.29 is 28.7 Å². The van der Waals surface area contributed by atoms with Crippen molar-refractivity contribution in [1.29, 1.82) is 0 Å². The predicted molar refractivity (Wildman–Crippen MR) is 519 cm³/mol. The number of carbonyl (C=O) groups excluding carboxylic acids is 3. The summed E-state index contributed by atoms with van der Waals surface area (Å²) in [7, 11) is -2.03. The molecule has 0 radical (unpaired) electrons. The van der Waals surface area contributed by atoms with Gasteiger partial charge in [-0.05, 0) is 271 Å². The first-order valence-corrected chi connectivity index (χ1v) is 48.2. The van der Waals surface area contributed by atoms with Gasteiger partial charge in [0.1, 0.15) is 68.0 Å². The van der Waals surface area contributed by atoms with Crippen LogP contribution in [0.4, 0.5) is 22.7 Å². The Bertz CT molecular complexity index is 6640. The van der Waals surface area contributed by atoms with Crippen LogP contribution in [0.25, 0.3) is 66.4 Å². The number of aryl methyl sites for hydroxylation is 4. The van der Waals surface area contributed by atoms with Gasteiger partial charge < -0.3 is 52.6 Å². The highest BCUT2D eigenvalue weighted by molar-refractivity contribution is 6.74. The maximum absolute atomic E-state index is 14.1. The molecule has 24 nitrogen and oxygen atoms in total. The van der Waals surface area contributed by atoms with Gasteiger partial charge in [-0.3, -0.25) is 34.3 Å². The molecule has 4 saturated carbocycles. The number of anilines is 4. The summed E-state index contributed by atoms with van der Waals surface area (Å²) in [6.45, 7) is 23.5. The number of hydrogen-bond donors (Lipinski definition) is 2. The normalized spacial score (nSPS) is 14.4. The molecule has 0 unspecified atom stereocenters. The summed E-state index contributed by atoms with van der Waals surface area (Å²) in [4.78, 5) is 87.6. The van der Waals surface area contributed by atoms with Crippen LogP contribution in [0.5, 0.6) is 5.88 Å². The molecule has 30 heteroatoms. The summed E-state index contributed by atoms with van der Waals surface area (Å²) < 4.78 is 21.0. The van der Waals surface area contributed by atoms with Crippen molar-refractivity contribution in [1.82, 2.24) is 68.1 Å². The molecule has 15 aromatic rings. The van der Waals surface area contributed by atoms with E-state index in [-0.39, 0.29) is 85.8 Å². The molecule has 4 aliphatic carbocycles. The maximum atomic E-state index is 14.1. The molecular weight excluding hydrogens is 1740 g/mol. The third-order valence-electron chi connectivity index (χ3n) is 24.6. The molecule has 11 aromatic heterocycles. The van der Waals surface area contributed by atoms with Crippen molar-refractivity contribution in [3.63, 3.8) is 0 Å². The van der Waals surface area contributed by atoms with Crippen LogP contribution in [0.1, 0.15) is 193 Å². The third kappa shape index (κ3) is 19.5. The lowest BCUT2D eigenvalue weighted by Crippen LogP contribution is -2.43. The smallest absolute Gasteiger partial charge is 0.267 e. The SMILES string of the molecule is C.CCCNc1cc(C2CC2)c2c(ccn2-c2ccc(C)nc2)c1.Cc1ccc(-n2ccc3cc(N(CCO)C(=O)c4c(Cl)ncnc4Cl)cc(C4CC4)c32)cn1.Cc1ccc(-n2ccc3cc(N(CCO[Si](C)(C)C(C)(C)C)C(=O)c4c(Cl)ncnc4Cl)cc(C4CC4)c32)cn1.Cc1ccc(-n2ccc3cc(N4CCOc5ncnc(Cl)c5C4=O)cc(C4CC4)c32)cn1. The Kier molecular flexibility index (Phi) is 26.9. The Labute approximate surface area is 776 Å². The Morgan fingerprint density at radius 1 is 0.488 bits per heavy atom. The van der Waals surface area contributed by atoms with Crippen LogP contribution in [-0.2, 0) is 4.43 Å². The minimum absolute atomic E-state index is 0. The van der Waals surface area contributed by atoms with E-state index < -0.39 is 14.2 Å². The third-order valence-corrected chi connectivity index (χ3v) is 30.6. The summed E-state index contributed by atoms with van der Waals surface area (Å²) in [5.74, 6) is 1.24. The van der Waals surface area contributed by atoms with E-state index in [4.69, 9.17) is 67.2 Å². The van der Waals surface area contributed by atoms with Crippen molar-refractivity contribution in [3.8, 4) is 28.6 Å². The van der Waals surface area contributed by atoms with Gasteiger partial charge in [-0.1, -0.05) is 93.1 Å². The first kappa shape index (κ1) is 90.8. The van der Waals surface area contributed by atoms with Gasteiger partial charge in [0.05, 0.1) is 89.4 Å². The second-order valence-electron chi connectivity index (χ2n) is 34.9. The van der Waals surface area contributed by atoms with Gasteiger partial charge >= 0.3 is 0 Å². The van der Waals surface area contributed by atoms with Gasteiger partial charge in [-0.2, -0.15) is 0 Å². The highest BCUT2D eigenvalue weighted by Gasteiger charge is 2.40. The van der Waals surface area contributed by atoms with Gasteiger partial charge in [-0.15, -0.1) is 0 Å². The van der Waals surface area contributed by atoms with Crippen LogP contribution >= 0.6 is 58.0 Å². The average Bonchev–Trinajstić information content (AvgIpc) is 1.62. The number of pyridine rings is 4. The van der Waals surface area contributed by atoms with Crippen LogP contribution in [0.3, 0.4) is 0 Å². The molecule has 2 N–H and O–H groups in total. The van der Waals surface area contributed by atoms with E-state index >= 15 is 0 Å². The number of rotatable bonds is 22. The molecular formula is C99H103Cl5N18O6Si. The number of nitrogens with one attached hydrogen (secondary N) is 1. The standard InChI is InChI=1S/C30H35Cl2N5O2Si.C24H21Cl2N5O2.C24H20ClN5O2.C20H23N3.CH4/c1-19-7-10-22(17-33-19)36-12-11-21-15-23(16-24(26(21)36)20-8-9-20)37(13-14-39-40(5,6)30(2,3)4)29(38)25-27(31)34-18-35-28(25)32;1-14-2-5-17(12-27-14)30-7-6-16-10-18(11-19(21(16)30)15-3-4-15)31(8-9-32)24(33)20-22(25)28-13-29-23(20)26;1-14-2-5-17(12-26-14)29-7-6-16-10-18(11-19(21(16)29)15-3-4-15)30-8-9-32-23-20(24(30)31)22(25)27-13-28-23;1-3-9-21-17-11-16-8-10-23(18-7-4-14(2)22-13-18)20(16)19(12-17)15-5-6-15;/h7,10-12,15-18,20H,8-9,13-14H2,1-6H3;2,5-7,10-13,15,32H,3-4,8-9H2,1H3;2,5-7,10-13,15H,3-4,8-9H2,1H3;4,7-8,10-13,15,21H,3,5-6,9H2,1-2H3;1H4. The van der Waals surface area contributed by atoms with E-state index in [0.29, 0.717) is 55.7 Å². The lowest BCUT2D eigenvalue weighted by molar-refractivity contribution is 0.0973. The lowest BCUT2D eigenvalue weighted by atomic mass is 10.0. The van der Waals surface area contributed by atoms with Crippen molar-refractivity contribution in [3.05, 3.63) is 277 Å². The number of halogens is 5. The summed E-state index contributed by atoms with van der Waals surface area (Å²) in [6, 6.07) is 41.9. The molecule has 1 aliphatic heterocycles. The molecule has 0 spiro atoms. The van der Waals surface area contributed by atoms with Crippen LogP contribution in [0, 0.1) is 27.7 Å². The van der Waals surface area contributed by atoms with Crippen molar-refractivity contribution in [2.24, 2.45) is 0 Å². The molecule has 20 rings (SSSR count). The van der Waals surface area contributed by atoms with Gasteiger partial charge in [-0.25, -0.2) is 29.9 Å². The second kappa shape index (κ2) is 38.3. The summed E-state index contributed by atoms with van der Waals surface area (Å²) >= 11 is 31.3. The number of aliphatic hydroxyl groups is 1. The molecule has 0 atom stereocenters. The van der Waals surface area contributed by atoms with E-state index in [1.807, 2.05) is 101 Å². The molecule has 129 heavy (non-hydrogen) atoms. The summed E-state index contributed by atoms with van der Waals surface area (Å²) in [5, 5.41) is 17.9. The van der Waals surface area contributed by atoms with Crippen LogP contribution < -0.4 is 24.8 Å². The Morgan fingerprint density at radius 2 is 0.860 bits per heavy atom. The quantitative estimate of drug-likeness (QED) is 0.0472. The van der Waals surface area contributed by atoms with E-state index in [0.717, 1.165) is 141 Å². The predicted octanol–water partition coefficient (Wildman–Crippen LogP) is 23.3. The molecule has 664 valence electrons. The minimum atomic E-state index is -2.03. The largest absolute Gasteiger partial charge is 0.475 e. The van der Waals surface area contributed by atoms with Gasteiger partial charge in [0.2, 0.25) is 5.88 Å². The number of ether oxygens (including phenoxy) is 1. The summed E-state index contributed by atoms with van der Waals surface area (Å²) in [6.07, 6.45) is 30.2. The molecule has 0 saturated heterocycles. The molecule has 12 heterocycles.